The zero-order chi connectivity index (χ0) is 21.1. The molecule has 5 heteroatoms. The number of nitrogens with zero attached hydrogens (tertiary/aromatic N) is 2. The summed E-state index contributed by atoms with van der Waals surface area (Å²) in [6.07, 6.45) is 0.134. The number of hydrogen-bond donors (Lipinski definition) is 1. The van der Waals surface area contributed by atoms with E-state index in [-0.39, 0.29) is 24.8 Å². The predicted molar refractivity (Wildman–Crippen MR) is 121 cm³/mol. The summed E-state index contributed by atoms with van der Waals surface area (Å²) in [6, 6.07) is 23.0. The van der Waals surface area contributed by atoms with Gasteiger partial charge >= 0.3 is 0 Å². The maximum absolute atomic E-state index is 13.1. The van der Waals surface area contributed by atoms with Gasteiger partial charge in [0.25, 0.3) is 0 Å². The molecule has 1 aliphatic rings. The molecule has 30 heavy (non-hydrogen) atoms. The van der Waals surface area contributed by atoms with E-state index in [2.05, 4.69) is 5.32 Å². The number of anilines is 2. The van der Waals surface area contributed by atoms with E-state index in [1.165, 1.54) is 4.90 Å². The Bertz CT molecular complexity index is 1130. The lowest BCUT2D eigenvalue weighted by atomic mass is 10.1. The molecule has 0 saturated heterocycles. The largest absolute Gasteiger partial charge is 0.325 e. The van der Waals surface area contributed by atoms with Gasteiger partial charge in [0, 0.05) is 5.69 Å². The van der Waals surface area contributed by atoms with Crippen LogP contribution in [0, 0.1) is 13.8 Å². The van der Waals surface area contributed by atoms with Crippen LogP contribution < -0.4 is 10.2 Å². The van der Waals surface area contributed by atoms with Gasteiger partial charge in [-0.2, -0.15) is 0 Å². The first-order valence-corrected chi connectivity index (χ1v) is 9.90. The number of nitrogens with one attached hydrogen (secondary N) is 1. The van der Waals surface area contributed by atoms with Crippen LogP contribution in [0.5, 0.6) is 0 Å². The molecule has 3 aromatic carbocycles. The molecule has 0 atom stereocenters. The Balaban J connectivity index is 1.61. The summed E-state index contributed by atoms with van der Waals surface area (Å²) < 4.78 is 0. The van der Waals surface area contributed by atoms with E-state index in [9.17, 15) is 9.59 Å². The van der Waals surface area contributed by atoms with Gasteiger partial charge in [-0.1, -0.05) is 54.1 Å². The maximum Gasteiger partial charge on any atom is 0.244 e. The number of aryl methyl sites for hydroxylation is 2. The number of rotatable bonds is 4. The average Bonchev–Trinajstić information content (AvgIpc) is 2.85. The smallest absolute Gasteiger partial charge is 0.244 e. The fourth-order valence-corrected chi connectivity index (χ4v) is 3.50. The highest BCUT2D eigenvalue weighted by molar-refractivity contribution is 6.19. The van der Waals surface area contributed by atoms with E-state index >= 15 is 0 Å². The second kappa shape index (κ2) is 8.33. The molecular weight excluding hydrogens is 374 g/mol. The number of hydrogen-bond acceptors (Lipinski definition) is 3. The zero-order valence-electron chi connectivity index (χ0n) is 17.1. The van der Waals surface area contributed by atoms with Crippen LogP contribution >= 0.6 is 0 Å². The summed E-state index contributed by atoms with van der Waals surface area (Å²) in [5.74, 6) is -0.402. The molecule has 0 unspecified atom stereocenters. The molecule has 2 amide bonds. The lowest BCUT2D eigenvalue weighted by Gasteiger charge is -2.22. The highest BCUT2D eigenvalue weighted by Crippen LogP contribution is 2.32. The van der Waals surface area contributed by atoms with Crippen LogP contribution in [0.3, 0.4) is 0 Å². The second-order valence-electron chi connectivity index (χ2n) is 7.49. The summed E-state index contributed by atoms with van der Waals surface area (Å²) in [4.78, 5) is 32.1. The van der Waals surface area contributed by atoms with Crippen molar-refractivity contribution in [3.05, 3.63) is 89.5 Å². The van der Waals surface area contributed by atoms with Crippen molar-refractivity contribution in [1.82, 2.24) is 0 Å². The van der Waals surface area contributed by atoms with Gasteiger partial charge in [-0.15, -0.1) is 0 Å². The molecule has 3 aromatic rings. The Morgan fingerprint density at radius 3 is 2.50 bits per heavy atom. The average molecular weight is 397 g/mol. The Hall–Kier alpha value is -3.73. The van der Waals surface area contributed by atoms with Crippen LogP contribution in [0.15, 0.2) is 77.8 Å². The van der Waals surface area contributed by atoms with Crippen molar-refractivity contribution in [3.63, 3.8) is 0 Å². The predicted octanol–water partition coefficient (Wildman–Crippen LogP) is 4.80. The van der Waals surface area contributed by atoms with E-state index in [0.717, 1.165) is 16.7 Å². The summed E-state index contributed by atoms with van der Waals surface area (Å²) in [6.45, 7) is 3.92. The summed E-state index contributed by atoms with van der Waals surface area (Å²) in [7, 11) is 0. The highest BCUT2D eigenvalue weighted by Gasteiger charge is 2.26. The minimum absolute atomic E-state index is 0.0690. The minimum Gasteiger partial charge on any atom is -0.325 e. The minimum atomic E-state index is -0.248. The third kappa shape index (κ3) is 4.30. The van der Waals surface area contributed by atoms with Crippen molar-refractivity contribution < 1.29 is 9.59 Å². The Labute approximate surface area is 176 Å². The molecule has 0 aliphatic carbocycles. The monoisotopic (exact) mass is 397 g/mol. The summed E-state index contributed by atoms with van der Waals surface area (Å²) in [5.41, 5.74) is 5.86. The van der Waals surface area contributed by atoms with Gasteiger partial charge in [0.1, 0.15) is 6.54 Å². The highest BCUT2D eigenvalue weighted by atomic mass is 16.2. The molecule has 4 rings (SSSR count). The molecule has 5 nitrogen and oxygen atoms in total. The third-order valence-electron chi connectivity index (χ3n) is 5.04. The van der Waals surface area contributed by atoms with Crippen LogP contribution in [-0.2, 0) is 9.59 Å². The molecular formula is C25H23N3O2. The van der Waals surface area contributed by atoms with Gasteiger partial charge in [-0.3, -0.25) is 14.6 Å². The topological polar surface area (TPSA) is 61.8 Å². The number of aliphatic imine (C=N–C) groups is 1. The molecule has 0 saturated carbocycles. The SMILES string of the molecule is Cc1ccc(C2=Nc3ccccc3N(CC(=O)Nc3cccc(C)c3)C(=O)C2)cc1. The molecule has 1 aliphatic heterocycles. The normalized spacial score (nSPS) is 13.3. The van der Waals surface area contributed by atoms with Crippen LogP contribution in [0.1, 0.15) is 23.1 Å². The molecule has 0 aromatic heterocycles. The fourth-order valence-electron chi connectivity index (χ4n) is 3.50. The van der Waals surface area contributed by atoms with E-state index in [4.69, 9.17) is 4.99 Å². The summed E-state index contributed by atoms with van der Waals surface area (Å²) in [5, 5.41) is 2.88. The van der Waals surface area contributed by atoms with Gasteiger partial charge in [0.2, 0.25) is 11.8 Å². The van der Waals surface area contributed by atoms with Crippen molar-refractivity contribution in [2.45, 2.75) is 20.3 Å². The molecule has 1 N–H and O–H groups in total. The van der Waals surface area contributed by atoms with E-state index in [0.29, 0.717) is 22.8 Å². The third-order valence-corrected chi connectivity index (χ3v) is 5.04. The molecule has 0 fully saturated rings. The van der Waals surface area contributed by atoms with Crippen LogP contribution in [-0.4, -0.2) is 24.1 Å². The van der Waals surface area contributed by atoms with Gasteiger partial charge in [-0.25, -0.2) is 0 Å². The number of benzene rings is 3. The lowest BCUT2D eigenvalue weighted by Crippen LogP contribution is -2.38. The van der Waals surface area contributed by atoms with Gasteiger partial charge < -0.3 is 10.2 Å². The first kappa shape index (κ1) is 19.6. The van der Waals surface area contributed by atoms with Crippen LogP contribution in [0.2, 0.25) is 0 Å². The molecule has 150 valence electrons. The number of fused-ring (bicyclic) bond motifs is 1. The Morgan fingerprint density at radius 2 is 1.73 bits per heavy atom. The van der Waals surface area contributed by atoms with E-state index < -0.39 is 0 Å². The molecule has 1 heterocycles. The second-order valence-corrected chi connectivity index (χ2v) is 7.49. The van der Waals surface area contributed by atoms with Gasteiger partial charge in [-0.05, 0) is 49.2 Å². The van der Waals surface area contributed by atoms with Crippen molar-refractivity contribution in [3.8, 4) is 0 Å². The van der Waals surface area contributed by atoms with Crippen LogP contribution in [0.4, 0.5) is 17.1 Å². The van der Waals surface area contributed by atoms with Gasteiger partial charge in [0.05, 0.1) is 23.5 Å². The molecule has 0 spiro atoms. The Kier molecular flexibility index (Phi) is 5.44. The van der Waals surface area contributed by atoms with Crippen molar-refractivity contribution >= 4 is 34.6 Å². The zero-order valence-corrected chi connectivity index (χ0v) is 17.1. The van der Waals surface area contributed by atoms with Crippen molar-refractivity contribution in [1.29, 1.82) is 0 Å². The standard InChI is InChI=1S/C25H23N3O2/c1-17-10-12-19(13-11-17)22-15-25(30)28(23-9-4-3-8-21(23)27-22)16-24(29)26-20-7-5-6-18(2)14-20/h3-14H,15-16H2,1-2H3,(H,26,29). The quantitative estimate of drug-likeness (QED) is 0.687. The van der Waals surface area contributed by atoms with Crippen molar-refractivity contribution in [2.75, 3.05) is 16.8 Å². The number of carbonyl (C=O) groups excluding carboxylic acids is 2. The first-order valence-electron chi connectivity index (χ1n) is 9.90. The van der Waals surface area contributed by atoms with Crippen LogP contribution in [0.25, 0.3) is 0 Å². The first-order chi connectivity index (χ1) is 14.5. The van der Waals surface area contributed by atoms with Gasteiger partial charge in [0.15, 0.2) is 0 Å². The van der Waals surface area contributed by atoms with E-state index in [1.807, 2.05) is 86.6 Å². The number of amides is 2. The fraction of sp³-hybridized carbons (Fsp3) is 0.160. The Morgan fingerprint density at radius 1 is 0.967 bits per heavy atom. The molecule has 0 radical (unpaired) electrons. The van der Waals surface area contributed by atoms with E-state index in [1.54, 1.807) is 0 Å². The lowest BCUT2D eigenvalue weighted by molar-refractivity contribution is -0.120. The summed E-state index contributed by atoms with van der Waals surface area (Å²) >= 11 is 0. The van der Waals surface area contributed by atoms with Crippen molar-refractivity contribution in [2.24, 2.45) is 4.99 Å². The molecule has 0 bridgehead atoms. The number of carbonyl (C=O) groups is 2. The number of para-hydroxylation sites is 2. The maximum atomic E-state index is 13.1.